The maximum atomic E-state index is 14.1. The first-order valence-corrected chi connectivity index (χ1v) is 9.47. The number of rotatable bonds is 5. The van der Waals surface area contributed by atoms with E-state index < -0.39 is 26.6 Å². The van der Waals surface area contributed by atoms with E-state index >= 15 is 0 Å². The molecule has 0 spiro atoms. The van der Waals surface area contributed by atoms with Gasteiger partial charge in [-0.15, -0.1) is 0 Å². The van der Waals surface area contributed by atoms with Gasteiger partial charge in [0.25, 0.3) is 10.0 Å². The normalized spacial score (nSPS) is 11.3. The van der Waals surface area contributed by atoms with Crippen molar-refractivity contribution >= 4 is 27.3 Å². The van der Waals surface area contributed by atoms with Gasteiger partial charge in [0.2, 0.25) is 0 Å². The van der Waals surface area contributed by atoms with Crippen LogP contribution in [0.25, 0.3) is 0 Å². The third kappa shape index (κ3) is 3.71. The lowest BCUT2D eigenvalue weighted by atomic mass is 10.2. The van der Waals surface area contributed by atoms with Crippen LogP contribution in [-0.4, -0.2) is 8.42 Å². The Balaban J connectivity index is 2.13. The molecule has 3 rings (SSSR count). The van der Waals surface area contributed by atoms with Crippen LogP contribution in [0.15, 0.2) is 77.7 Å². The molecule has 0 atom stereocenters. The lowest BCUT2D eigenvalue weighted by Crippen LogP contribution is -2.31. The van der Waals surface area contributed by atoms with Crippen molar-refractivity contribution < 1.29 is 17.2 Å². The first-order valence-electron chi connectivity index (χ1n) is 7.66. The topological polar surface area (TPSA) is 37.4 Å². The van der Waals surface area contributed by atoms with Crippen LogP contribution in [-0.2, 0) is 16.6 Å². The lowest BCUT2D eigenvalue weighted by Gasteiger charge is -2.25. The molecule has 0 saturated heterocycles. The summed E-state index contributed by atoms with van der Waals surface area (Å²) >= 11 is 5.87. The number of hydrogen-bond acceptors (Lipinski definition) is 2. The molecule has 0 fully saturated rings. The van der Waals surface area contributed by atoms with E-state index in [1.165, 1.54) is 60.7 Å². The molecular weight excluding hydrogens is 380 g/mol. The summed E-state index contributed by atoms with van der Waals surface area (Å²) in [5.74, 6) is -1.42. The van der Waals surface area contributed by atoms with Crippen molar-refractivity contribution in [1.82, 2.24) is 0 Å². The molecule has 0 radical (unpaired) electrons. The first kappa shape index (κ1) is 18.4. The van der Waals surface area contributed by atoms with Crippen molar-refractivity contribution in [2.75, 3.05) is 4.31 Å². The van der Waals surface area contributed by atoms with Crippen LogP contribution in [0.5, 0.6) is 0 Å². The highest BCUT2D eigenvalue weighted by atomic mass is 35.5. The second-order valence-electron chi connectivity index (χ2n) is 5.51. The quantitative estimate of drug-likeness (QED) is 0.610. The van der Waals surface area contributed by atoms with Crippen LogP contribution in [0.4, 0.5) is 14.5 Å². The molecule has 0 unspecified atom stereocenters. The Morgan fingerprint density at radius 2 is 1.38 bits per heavy atom. The average Bonchev–Trinajstić information content (AvgIpc) is 2.62. The Kier molecular flexibility index (Phi) is 5.25. The molecule has 134 valence electrons. The minimum Gasteiger partial charge on any atom is -0.262 e. The number of sulfonamides is 1. The van der Waals surface area contributed by atoms with Crippen molar-refractivity contribution in [3.63, 3.8) is 0 Å². The maximum Gasteiger partial charge on any atom is 0.267 e. The largest absolute Gasteiger partial charge is 0.267 e. The molecule has 0 aliphatic heterocycles. The smallest absolute Gasteiger partial charge is 0.262 e. The molecule has 3 aromatic carbocycles. The van der Waals surface area contributed by atoms with Gasteiger partial charge in [-0.1, -0.05) is 41.9 Å². The molecule has 0 amide bonds. The van der Waals surface area contributed by atoms with Gasteiger partial charge < -0.3 is 0 Å². The highest BCUT2D eigenvalue weighted by Gasteiger charge is 2.28. The van der Waals surface area contributed by atoms with Gasteiger partial charge in [0.1, 0.15) is 16.5 Å². The number of halogens is 3. The summed E-state index contributed by atoms with van der Waals surface area (Å²) in [5, 5.41) is 0.419. The summed E-state index contributed by atoms with van der Waals surface area (Å²) in [7, 11) is -4.26. The molecule has 0 heterocycles. The second kappa shape index (κ2) is 7.43. The zero-order chi connectivity index (χ0) is 18.7. The Bertz CT molecular complexity index is 1020. The van der Waals surface area contributed by atoms with Crippen molar-refractivity contribution in [1.29, 1.82) is 0 Å². The van der Waals surface area contributed by atoms with E-state index in [0.29, 0.717) is 5.02 Å². The molecule has 3 nitrogen and oxygen atoms in total. The van der Waals surface area contributed by atoms with Crippen molar-refractivity contribution in [2.24, 2.45) is 0 Å². The molecular formula is C19H14ClF2NO2S. The summed E-state index contributed by atoms with van der Waals surface area (Å²) in [6, 6.07) is 16.9. The van der Waals surface area contributed by atoms with Crippen LogP contribution in [0.3, 0.4) is 0 Å². The van der Waals surface area contributed by atoms with E-state index in [4.69, 9.17) is 11.6 Å². The highest BCUT2D eigenvalue weighted by molar-refractivity contribution is 7.92. The van der Waals surface area contributed by atoms with Crippen molar-refractivity contribution in [2.45, 2.75) is 11.4 Å². The Labute approximate surface area is 155 Å². The minimum absolute atomic E-state index is 0.169. The lowest BCUT2D eigenvalue weighted by molar-refractivity contribution is 0.561. The second-order valence-corrected chi connectivity index (χ2v) is 7.78. The highest BCUT2D eigenvalue weighted by Crippen LogP contribution is 2.28. The summed E-state index contributed by atoms with van der Waals surface area (Å²) in [6.45, 7) is -0.287. The van der Waals surface area contributed by atoms with Gasteiger partial charge in [-0.3, -0.25) is 4.31 Å². The standard InChI is InChI=1S/C19H14ClF2NO2S/c20-15-9-11-16(12-10-15)23(13-14-5-1-2-6-17(14)21)26(24,25)19-8-4-3-7-18(19)22/h1-12H,13H2. The van der Waals surface area contributed by atoms with Crippen LogP contribution in [0.1, 0.15) is 5.56 Å². The fourth-order valence-electron chi connectivity index (χ4n) is 2.48. The van der Waals surface area contributed by atoms with E-state index in [1.54, 1.807) is 6.07 Å². The molecule has 26 heavy (non-hydrogen) atoms. The van der Waals surface area contributed by atoms with Crippen molar-refractivity contribution in [3.05, 3.63) is 95.0 Å². The van der Waals surface area contributed by atoms with Gasteiger partial charge in [-0.2, -0.15) is 0 Å². The summed E-state index contributed by atoms with van der Waals surface area (Å²) < 4.78 is 55.4. The first-order chi connectivity index (χ1) is 12.4. The predicted octanol–water partition coefficient (Wildman–Crippen LogP) is 5.01. The Morgan fingerprint density at radius 1 is 0.808 bits per heavy atom. The average molecular weight is 394 g/mol. The SMILES string of the molecule is O=S(=O)(c1ccccc1F)N(Cc1ccccc1F)c1ccc(Cl)cc1. The monoisotopic (exact) mass is 393 g/mol. The third-order valence-electron chi connectivity index (χ3n) is 3.79. The van der Waals surface area contributed by atoms with Gasteiger partial charge in [-0.05, 0) is 42.5 Å². The zero-order valence-electron chi connectivity index (χ0n) is 13.4. The molecule has 0 bridgehead atoms. The van der Waals surface area contributed by atoms with Gasteiger partial charge in [-0.25, -0.2) is 17.2 Å². The van der Waals surface area contributed by atoms with Crippen LogP contribution in [0, 0.1) is 11.6 Å². The fraction of sp³-hybridized carbons (Fsp3) is 0.0526. The van der Waals surface area contributed by atoms with Gasteiger partial charge >= 0.3 is 0 Å². The molecule has 0 aliphatic carbocycles. The van der Waals surface area contributed by atoms with E-state index in [2.05, 4.69) is 0 Å². The summed E-state index contributed by atoms with van der Waals surface area (Å²) in [6.07, 6.45) is 0. The van der Waals surface area contributed by atoms with Gasteiger partial charge in [0, 0.05) is 10.6 Å². The number of hydrogen-bond donors (Lipinski definition) is 0. The minimum atomic E-state index is -4.26. The van der Waals surface area contributed by atoms with Crippen LogP contribution >= 0.6 is 11.6 Å². The summed E-state index contributed by atoms with van der Waals surface area (Å²) in [5.41, 5.74) is 0.420. The molecule has 3 aromatic rings. The van der Waals surface area contributed by atoms with Gasteiger partial charge in [0.15, 0.2) is 0 Å². The number of anilines is 1. The van der Waals surface area contributed by atoms with Crippen molar-refractivity contribution in [3.8, 4) is 0 Å². The van der Waals surface area contributed by atoms with E-state index in [1.807, 2.05) is 0 Å². The fourth-order valence-corrected chi connectivity index (χ4v) is 4.11. The van der Waals surface area contributed by atoms with E-state index in [-0.39, 0.29) is 17.8 Å². The van der Waals surface area contributed by atoms with E-state index in [9.17, 15) is 17.2 Å². The Morgan fingerprint density at radius 3 is 2.00 bits per heavy atom. The third-order valence-corrected chi connectivity index (χ3v) is 5.85. The van der Waals surface area contributed by atoms with E-state index in [0.717, 1.165) is 10.4 Å². The predicted molar refractivity (Wildman–Crippen MR) is 97.6 cm³/mol. The zero-order valence-corrected chi connectivity index (χ0v) is 15.0. The molecule has 7 heteroatoms. The number of benzene rings is 3. The van der Waals surface area contributed by atoms with Crippen LogP contribution in [0.2, 0.25) is 5.02 Å². The number of nitrogens with zero attached hydrogens (tertiary/aromatic N) is 1. The molecule has 0 saturated carbocycles. The molecule has 0 N–H and O–H groups in total. The Hall–Kier alpha value is -2.44. The van der Waals surface area contributed by atoms with Crippen LogP contribution < -0.4 is 4.31 Å². The van der Waals surface area contributed by atoms with Gasteiger partial charge in [0.05, 0.1) is 12.2 Å². The summed E-state index contributed by atoms with van der Waals surface area (Å²) in [4.78, 5) is -0.480. The molecule has 0 aromatic heterocycles. The maximum absolute atomic E-state index is 14.1. The molecule has 0 aliphatic rings.